The van der Waals surface area contributed by atoms with Crippen molar-refractivity contribution in [2.75, 3.05) is 0 Å². The SMILES string of the molecule is O=C(Cc1cc(F)ccc1F)NO. The molecule has 5 heteroatoms. The Morgan fingerprint density at radius 2 is 2.15 bits per heavy atom. The number of hydrogen-bond donors (Lipinski definition) is 2. The predicted octanol–water partition coefficient (Wildman–Crippen LogP) is 1.01. The molecule has 70 valence electrons. The second-order valence-electron chi connectivity index (χ2n) is 2.45. The van der Waals surface area contributed by atoms with Gasteiger partial charge in [0.05, 0.1) is 6.42 Å². The number of amides is 1. The molecule has 3 nitrogen and oxygen atoms in total. The zero-order valence-corrected chi connectivity index (χ0v) is 6.55. The van der Waals surface area contributed by atoms with E-state index in [0.717, 1.165) is 18.2 Å². The van der Waals surface area contributed by atoms with Crippen molar-refractivity contribution in [3.05, 3.63) is 35.4 Å². The summed E-state index contributed by atoms with van der Waals surface area (Å²) in [5.74, 6) is -2.09. The van der Waals surface area contributed by atoms with Crippen molar-refractivity contribution >= 4 is 5.91 Å². The number of hydroxylamine groups is 1. The van der Waals surface area contributed by atoms with Crippen LogP contribution in [0.2, 0.25) is 0 Å². The number of halogens is 2. The van der Waals surface area contributed by atoms with Gasteiger partial charge in [0.15, 0.2) is 0 Å². The van der Waals surface area contributed by atoms with Gasteiger partial charge in [0.1, 0.15) is 11.6 Å². The molecule has 2 N–H and O–H groups in total. The van der Waals surface area contributed by atoms with E-state index in [1.807, 2.05) is 0 Å². The largest absolute Gasteiger partial charge is 0.289 e. The normalized spacial score (nSPS) is 9.77. The van der Waals surface area contributed by atoms with Crippen LogP contribution in [0.25, 0.3) is 0 Å². The highest BCUT2D eigenvalue weighted by atomic mass is 19.1. The van der Waals surface area contributed by atoms with Crippen LogP contribution in [0.4, 0.5) is 8.78 Å². The quantitative estimate of drug-likeness (QED) is 0.536. The van der Waals surface area contributed by atoms with Crippen molar-refractivity contribution in [3.63, 3.8) is 0 Å². The highest BCUT2D eigenvalue weighted by Gasteiger charge is 2.07. The first kappa shape index (κ1) is 9.60. The average molecular weight is 187 g/mol. The van der Waals surface area contributed by atoms with Crippen LogP contribution in [0.5, 0.6) is 0 Å². The van der Waals surface area contributed by atoms with Crippen molar-refractivity contribution in [1.29, 1.82) is 0 Å². The van der Waals surface area contributed by atoms with Gasteiger partial charge in [0.25, 0.3) is 0 Å². The molecule has 0 unspecified atom stereocenters. The molecule has 0 fully saturated rings. The minimum absolute atomic E-state index is 0.0912. The number of rotatable bonds is 2. The van der Waals surface area contributed by atoms with E-state index < -0.39 is 17.5 Å². The molecule has 0 aliphatic heterocycles. The molecule has 0 bridgehead atoms. The molecular formula is C8H7F2NO2. The minimum Gasteiger partial charge on any atom is -0.289 e. The van der Waals surface area contributed by atoms with E-state index in [9.17, 15) is 13.6 Å². The summed E-state index contributed by atoms with van der Waals surface area (Å²) in [6.45, 7) is 0. The zero-order chi connectivity index (χ0) is 9.84. The zero-order valence-electron chi connectivity index (χ0n) is 6.55. The maximum atomic E-state index is 12.8. The first-order chi connectivity index (χ1) is 6.13. The van der Waals surface area contributed by atoms with E-state index >= 15 is 0 Å². The topological polar surface area (TPSA) is 49.3 Å². The Balaban J connectivity index is 2.87. The monoisotopic (exact) mass is 187 g/mol. The summed E-state index contributed by atoms with van der Waals surface area (Å²) in [6, 6.07) is 2.79. The lowest BCUT2D eigenvalue weighted by atomic mass is 10.1. The van der Waals surface area contributed by atoms with Crippen LogP contribution in [-0.2, 0) is 11.2 Å². The molecule has 0 atom stereocenters. The van der Waals surface area contributed by atoms with E-state index in [4.69, 9.17) is 5.21 Å². The Hall–Kier alpha value is -1.49. The van der Waals surface area contributed by atoms with Crippen molar-refractivity contribution < 1.29 is 18.8 Å². The summed E-state index contributed by atoms with van der Waals surface area (Å²) in [5, 5.41) is 8.14. The van der Waals surface area contributed by atoms with Crippen molar-refractivity contribution in [3.8, 4) is 0 Å². The summed E-state index contributed by atoms with van der Waals surface area (Å²) < 4.78 is 25.4. The smallest absolute Gasteiger partial charge is 0.247 e. The van der Waals surface area contributed by atoms with Gasteiger partial charge in [-0.15, -0.1) is 0 Å². The Kier molecular flexibility index (Phi) is 2.92. The van der Waals surface area contributed by atoms with Gasteiger partial charge < -0.3 is 0 Å². The first-order valence-corrected chi connectivity index (χ1v) is 3.50. The second-order valence-corrected chi connectivity index (χ2v) is 2.45. The fourth-order valence-electron chi connectivity index (χ4n) is 0.891. The Morgan fingerprint density at radius 3 is 2.77 bits per heavy atom. The third kappa shape index (κ3) is 2.48. The second kappa shape index (κ2) is 3.95. The molecule has 1 rings (SSSR count). The molecule has 13 heavy (non-hydrogen) atoms. The van der Waals surface area contributed by atoms with E-state index in [2.05, 4.69) is 0 Å². The lowest BCUT2D eigenvalue weighted by Crippen LogP contribution is -2.21. The summed E-state index contributed by atoms with van der Waals surface area (Å²) in [5.41, 5.74) is 1.24. The fourth-order valence-corrected chi connectivity index (χ4v) is 0.891. The average Bonchev–Trinajstić information content (AvgIpc) is 2.11. The maximum absolute atomic E-state index is 12.8. The van der Waals surface area contributed by atoms with Crippen molar-refractivity contribution in [2.24, 2.45) is 0 Å². The van der Waals surface area contributed by atoms with E-state index in [0.29, 0.717) is 0 Å². The summed E-state index contributed by atoms with van der Waals surface area (Å²) in [4.78, 5) is 10.6. The third-order valence-corrected chi connectivity index (χ3v) is 1.48. The number of carbonyl (C=O) groups is 1. The van der Waals surface area contributed by atoms with E-state index in [1.165, 1.54) is 5.48 Å². The molecule has 1 amide bonds. The summed E-state index contributed by atoms with van der Waals surface area (Å²) in [7, 11) is 0. The number of carbonyl (C=O) groups excluding carboxylic acids is 1. The van der Waals surface area contributed by atoms with Crippen LogP contribution in [0.1, 0.15) is 5.56 Å². The lowest BCUT2D eigenvalue weighted by Gasteiger charge is -2.01. The van der Waals surface area contributed by atoms with Gasteiger partial charge in [-0.2, -0.15) is 0 Å². The number of nitrogens with one attached hydrogen (secondary N) is 1. The molecule has 0 spiro atoms. The van der Waals surface area contributed by atoms with E-state index in [-0.39, 0.29) is 12.0 Å². The van der Waals surface area contributed by atoms with Crippen molar-refractivity contribution in [2.45, 2.75) is 6.42 Å². The molecule has 0 heterocycles. The van der Waals surface area contributed by atoms with Crippen LogP contribution < -0.4 is 5.48 Å². The van der Waals surface area contributed by atoms with Crippen LogP contribution in [0.15, 0.2) is 18.2 Å². The molecular weight excluding hydrogens is 180 g/mol. The molecule has 0 aliphatic carbocycles. The summed E-state index contributed by atoms with van der Waals surface area (Å²) in [6.07, 6.45) is -0.389. The third-order valence-electron chi connectivity index (χ3n) is 1.48. The molecule has 1 aromatic carbocycles. The highest BCUT2D eigenvalue weighted by molar-refractivity contribution is 5.77. The van der Waals surface area contributed by atoms with Crippen LogP contribution in [-0.4, -0.2) is 11.1 Å². The van der Waals surface area contributed by atoms with Crippen molar-refractivity contribution in [1.82, 2.24) is 5.48 Å². The van der Waals surface area contributed by atoms with Gasteiger partial charge in [0.2, 0.25) is 5.91 Å². The van der Waals surface area contributed by atoms with Gasteiger partial charge in [-0.05, 0) is 18.2 Å². The van der Waals surface area contributed by atoms with Gasteiger partial charge in [-0.1, -0.05) is 0 Å². The molecule has 0 aromatic heterocycles. The molecule has 0 saturated heterocycles. The van der Waals surface area contributed by atoms with Crippen LogP contribution in [0.3, 0.4) is 0 Å². The molecule has 0 saturated carbocycles. The standard InChI is InChI=1S/C8H7F2NO2/c9-6-1-2-7(10)5(3-6)4-8(12)11-13/h1-3,13H,4H2,(H,11,12). The molecule has 1 aromatic rings. The van der Waals surface area contributed by atoms with Gasteiger partial charge >= 0.3 is 0 Å². The Labute approximate surface area is 73.0 Å². The highest BCUT2D eigenvalue weighted by Crippen LogP contribution is 2.09. The summed E-state index contributed by atoms with van der Waals surface area (Å²) >= 11 is 0. The molecule has 0 aliphatic rings. The minimum atomic E-state index is -0.787. The van der Waals surface area contributed by atoms with Crippen LogP contribution >= 0.6 is 0 Å². The lowest BCUT2D eigenvalue weighted by molar-refractivity contribution is -0.128. The Morgan fingerprint density at radius 1 is 1.46 bits per heavy atom. The first-order valence-electron chi connectivity index (χ1n) is 3.50. The molecule has 0 radical (unpaired) electrons. The van der Waals surface area contributed by atoms with Crippen LogP contribution in [0, 0.1) is 11.6 Å². The number of benzene rings is 1. The van der Waals surface area contributed by atoms with Gasteiger partial charge in [0, 0.05) is 5.56 Å². The Bertz CT molecular complexity index is 328. The maximum Gasteiger partial charge on any atom is 0.247 e. The van der Waals surface area contributed by atoms with Gasteiger partial charge in [-0.3, -0.25) is 10.0 Å². The number of hydrogen-bond acceptors (Lipinski definition) is 2. The predicted molar refractivity (Wildman–Crippen MR) is 40.0 cm³/mol. The van der Waals surface area contributed by atoms with Gasteiger partial charge in [-0.25, -0.2) is 14.3 Å². The fraction of sp³-hybridized carbons (Fsp3) is 0.125. The van der Waals surface area contributed by atoms with E-state index in [1.54, 1.807) is 0 Å².